The molecule has 1 aromatic rings. The molecule has 4 nitrogen and oxygen atoms in total. The Balaban J connectivity index is 1.91. The van der Waals surface area contributed by atoms with Crippen molar-refractivity contribution in [2.45, 2.75) is 32.1 Å². The minimum atomic E-state index is -4.10. The van der Waals surface area contributed by atoms with E-state index in [9.17, 15) is 13.2 Å². The van der Waals surface area contributed by atoms with Gasteiger partial charge in [0.2, 0.25) is 0 Å². The maximum Gasteiger partial charge on any atom is 0.393 e. The molecule has 1 N–H and O–H groups in total. The molecule has 1 fully saturated rings. The molecule has 0 radical (unpaired) electrons. The third-order valence-corrected chi connectivity index (χ3v) is 3.31. The number of hydrogen-bond acceptors (Lipinski definition) is 4. The van der Waals surface area contributed by atoms with Crippen molar-refractivity contribution in [1.29, 1.82) is 0 Å². The van der Waals surface area contributed by atoms with Crippen LogP contribution in [0.25, 0.3) is 0 Å². The molecule has 0 bridgehead atoms. The van der Waals surface area contributed by atoms with Gasteiger partial charge in [-0.05, 0) is 26.4 Å². The molecule has 1 aliphatic rings. The molecule has 1 unspecified atom stereocenters. The fourth-order valence-electron chi connectivity index (χ4n) is 2.38. The van der Waals surface area contributed by atoms with E-state index in [-0.39, 0.29) is 13.0 Å². The smallest absolute Gasteiger partial charge is 0.360 e. The Morgan fingerprint density at radius 1 is 1.53 bits per heavy atom. The zero-order valence-corrected chi connectivity index (χ0v) is 10.8. The van der Waals surface area contributed by atoms with E-state index in [2.05, 4.69) is 10.5 Å². The zero-order valence-electron chi connectivity index (χ0n) is 10.8. The summed E-state index contributed by atoms with van der Waals surface area (Å²) >= 11 is 0. The molecular formula is C12H18F3N3O. The monoisotopic (exact) mass is 277 g/mol. The van der Waals surface area contributed by atoms with Crippen molar-refractivity contribution in [2.75, 3.05) is 20.1 Å². The highest BCUT2D eigenvalue weighted by Crippen LogP contribution is 2.33. The average Bonchev–Trinajstić information content (AvgIpc) is 2.76. The first-order valence-electron chi connectivity index (χ1n) is 6.37. The lowest BCUT2D eigenvalue weighted by atomic mass is 9.97. The van der Waals surface area contributed by atoms with Crippen molar-refractivity contribution in [1.82, 2.24) is 15.4 Å². The van der Waals surface area contributed by atoms with Crippen molar-refractivity contribution < 1.29 is 17.7 Å². The van der Waals surface area contributed by atoms with E-state index in [0.29, 0.717) is 31.8 Å². The quantitative estimate of drug-likeness (QED) is 0.915. The van der Waals surface area contributed by atoms with Gasteiger partial charge in [-0.1, -0.05) is 5.16 Å². The first-order valence-corrected chi connectivity index (χ1v) is 6.37. The van der Waals surface area contributed by atoms with E-state index in [4.69, 9.17) is 4.52 Å². The number of nitrogens with zero attached hydrogens (tertiary/aromatic N) is 2. The number of aromatic nitrogens is 1. The molecule has 1 aliphatic heterocycles. The van der Waals surface area contributed by atoms with Gasteiger partial charge in [0.25, 0.3) is 0 Å². The normalized spacial score (nSPS) is 21.8. The highest BCUT2D eigenvalue weighted by atomic mass is 19.4. The summed E-state index contributed by atoms with van der Waals surface area (Å²) in [5.41, 5.74) is 0.766. The lowest BCUT2D eigenvalue weighted by molar-refractivity contribution is -0.187. The van der Waals surface area contributed by atoms with Gasteiger partial charge in [-0.3, -0.25) is 4.90 Å². The second-order valence-corrected chi connectivity index (χ2v) is 4.93. The summed E-state index contributed by atoms with van der Waals surface area (Å²) in [5.74, 6) is -0.603. The number of nitrogens with one attached hydrogen (secondary N) is 1. The van der Waals surface area contributed by atoms with Gasteiger partial charge in [0.15, 0.2) is 5.76 Å². The van der Waals surface area contributed by atoms with Crippen LogP contribution in [0.15, 0.2) is 10.6 Å². The summed E-state index contributed by atoms with van der Waals surface area (Å²) in [6.07, 6.45) is -3.31. The Morgan fingerprint density at radius 3 is 3.00 bits per heavy atom. The van der Waals surface area contributed by atoms with Crippen molar-refractivity contribution in [3.63, 3.8) is 0 Å². The van der Waals surface area contributed by atoms with Gasteiger partial charge in [0.05, 0.1) is 18.2 Å². The molecule has 19 heavy (non-hydrogen) atoms. The maximum absolute atomic E-state index is 12.7. The summed E-state index contributed by atoms with van der Waals surface area (Å²) in [6.45, 7) is 1.71. The summed E-state index contributed by atoms with van der Waals surface area (Å²) in [6, 6.07) is 1.79. The van der Waals surface area contributed by atoms with E-state index in [1.807, 2.05) is 0 Å². The number of likely N-dealkylation sites (tertiary alicyclic amines) is 1. The van der Waals surface area contributed by atoms with E-state index in [1.165, 1.54) is 0 Å². The first-order chi connectivity index (χ1) is 8.99. The van der Waals surface area contributed by atoms with Crippen LogP contribution in [-0.2, 0) is 13.1 Å². The molecule has 0 aliphatic carbocycles. The third-order valence-electron chi connectivity index (χ3n) is 3.31. The van der Waals surface area contributed by atoms with E-state index >= 15 is 0 Å². The van der Waals surface area contributed by atoms with Crippen LogP contribution in [0.3, 0.4) is 0 Å². The maximum atomic E-state index is 12.7. The van der Waals surface area contributed by atoms with Crippen LogP contribution in [0.1, 0.15) is 24.3 Å². The van der Waals surface area contributed by atoms with Crippen molar-refractivity contribution in [2.24, 2.45) is 5.92 Å². The topological polar surface area (TPSA) is 41.3 Å². The molecule has 1 atom stereocenters. The molecule has 1 saturated heterocycles. The number of hydrogen-bond donors (Lipinski definition) is 1. The molecule has 0 saturated carbocycles. The average molecular weight is 277 g/mol. The minimum Gasteiger partial charge on any atom is -0.360 e. The highest BCUT2D eigenvalue weighted by Gasteiger charge is 2.41. The van der Waals surface area contributed by atoms with Crippen LogP contribution in [0.2, 0.25) is 0 Å². The fourth-order valence-corrected chi connectivity index (χ4v) is 2.38. The van der Waals surface area contributed by atoms with Crippen LogP contribution < -0.4 is 5.32 Å². The number of alkyl halides is 3. The van der Waals surface area contributed by atoms with Crippen LogP contribution >= 0.6 is 0 Å². The Labute approximate surface area is 109 Å². The van der Waals surface area contributed by atoms with Gasteiger partial charge in [-0.15, -0.1) is 0 Å². The lowest BCUT2D eigenvalue weighted by Crippen LogP contribution is -2.41. The van der Waals surface area contributed by atoms with E-state index in [1.54, 1.807) is 18.0 Å². The minimum absolute atomic E-state index is 0.0472. The zero-order chi connectivity index (χ0) is 13.9. The second kappa shape index (κ2) is 5.92. The van der Waals surface area contributed by atoms with Gasteiger partial charge in [0, 0.05) is 19.2 Å². The van der Waals surface area contributed by atoms with Crippen LogP contribution in [0.5, 0.6) is 0 Å². The van der Waals surface area contributed by atoms with Crippen molar-refractivity contribution in [3.05, 3.63) is 17.5 Å². The third kappa shape index (κ3) is 3.94. The van der Waals surface area contributed by atoms with E-state index in [0.717, 1.165) is 5.69 Å². The van der Waals surface area contributed by atoms with Gasteiger partial charge in [-0.25, -0.2) is 0 Å². The van der Waals surface area contributed by atoms with Gasteiger partial charge in [-0.2, -0.15) is 13.2 Å². The fraction of sp³-hybridized carbons (Fsp3) is 0.750. The molecule has 7 heteroatoms. The van der Waals surface area contributed by atoms with Crippen LogP contribution in [0.4, 0.5) is 13.2 Å². The highest BCUT2D eigenvalue weighted by molar-refractivity contribution is 5.05. The Kier molecular flexibility index (Phi) is 4.46. The summed E-state index contributed by atoms with van der Waals surface area (Å²) in [4.78, 5) is 1.78. The molecule has 1 aromatic heterocycles. The number of piperidine rings is 1. The summed E-state index contributed by atoms with van der Waals surface area (Å²) < 4.78 is 43.2. The van der Waals surface area contributed by atoms with Crippen molar-refractivity contribution in [3.8, 4) is 0 Å². The number of halogens is 3. The molecule has 0 amide bonds. The molecule has 0 spiro atoms. The molecule has 2 rings (SSSR count). The Bertz CT molecular complexity index is 405. The van der Waals surface area contributed by atoms with Gasteiger partial charge >= 0.3 is 6.18 Å². The summed E-state index contributed by atoms with van der Waals surface area (Å²) in [7, 11) is 1.80. The summed E-state index contributed by atoms with van der Waals surface area (Å²) in [5, 5.41) is 6.80. The predicted molar refractivity (Wildman–Crippen MR) is 63.3 cm³/mol. The molecule has 0 aromatic carbocycles. The van der Waals surface area contributed by atoms with Crippen LogP contribution in [0, 0.1) is 5.92 Å². The molecular weight excluding hydrogens is 259 g/mol. The van der Waals surface area contributed by atoms with Gasteiger partial charge in [0.1, 0.15) is 0 Å². The largest absolute Gasteiger partial charge is 0.393 e. The van der Waals surface area contributed by atoms with Crippen molar-refractivity contribution >= 4 is 0 Å². The predicted octanol–water partition coefficient (Wildman–Crippen LogP) is 2.17. The van der Waals surface area contributed by atoms with E-state index < -0.39 is 12.1 Å². The standard InChI is InChI=1S/C12H18F3N3O/c1-16-6-10-5-11(19-17-10)8-18-4-2-3-9(7-18)12(13,14)15/h5,9,16H,2-4,6-8H2,1H3. The molecule has 108 valence electrons. The second-order valence-electron chi connectivity index (χ2n) is 4.93. The SMILES string of the molecule is CNCc1cc(CN2CCCC(C(F)(F)F)C2)on1. The van der Waals surface area contributed by atoms with Gasteiger partial charge < -0.3 is 9.84 Å². The molecule has 2 heterocycles. The Hall–Kier alpha value is -1.08. The Morgan fingerprint density at radius 2 is 2.32 bits per heavy atom. The first kappa shape index (κ1) is 14.3. The number of rotatable bonds is 4. The lowest BCUT2D eigenvalue weighted by Gasteiger charge is -2.32. The van der Waals surface area contributed by atoms with Crippen LogP contribution in [-0.4, -0.2) is 36.4 Å².